The topological polar surface area (TPSA) is 83.1 Å². The van der Waals surface area contributed by atoms with Gasteiger partial charge in [0, 0.05) is 17.2 Å². The Bertz CT molecular complexity index is 626. The fourth-order valence-electron chi connectivity index (χ4n) is 1.64. The Hall–Kier alpha value is -1.96. The van der Waals surface area contributed by atoms with Gasteiger partial charge in [-0.25, -0.2) is 4.68 Å². The third kappa shape index (κ3) is 2.73. The normalized spacial score (nSPS) is 10.5. The highest BCUT2D eigenvalue weighted by Crippen LogP contribution is 2.34. The summed E-state index contributed by atoms with van der Waals surface area (Å²) in [6.07, 6.45) is 3.08. The monoisotopic (exact) mass is 326 g/mol. The number of halogens is 1. The predicted molar refractivity (Wildman–Crippen MR) is 71.3 cm³/mol. The van der Waals surface area contributed by atoms with Crippen molar-refractivity contribution in [2.45, 2.75) is 20.4 Å². The van der Waals surface area contributed by atoms with Gasteiger partial charge in [-0.2, -0.15) is 5.10 Å². The van der Waals surface area contributed by atoms with Crippen LogP contribution >= 0.6 is 15.9 Å². The number of aromatic nitrogens is 3. The first kappa shape index (κ1) is 13.5. The van der Waals surface area contributed by atoms with Gasteiger partial charge in [0.25, 0.3) is 5.88 Å². The Labute approximate surface area is 117 Å². The molecule has 2 aromatic rings. The molecule has 2 rings (SSSR count). The third-order valence-electron chi connectivity index (χ3n) is 2.43. The van der Waals surface area contributed by atoms with Gasteiger partial charge in [0.15, 0.2) is 0 Å². The summed E-state index contributed by atoms with van der Waals surface area (Å²) in [5.74, 6) is 0.525. The van der Waals surface area contributed by atoms with E-state index in [9.17, 15) is 10.1 Å². The van der Waals surface area contributed by atoms with Crippen LogP contribution in [-0.4, -0.2) is 19.7 Å². The highest BCUT2D eigenvalue weighted by molar-refractivity contribution is 9.10. The molecule has 0 saturated heterocycles. The van der Waals surface area contributed by atoms with Crippen LogP contribution in [0.1, 0.15) is 12.6 Å². The molecule has 0 aliphatic carbocycles. The van der Waals surface area contributed by atoms with Crippen LogP contribution in [0.2, 0.25) is 0 Å². The summed E-state index contributed by atoms with van der Waals surface area (Å²) in [6.45, 7) is 3.89. The zero-order valence-corrected chi connectivity index (χ0v) is 11.9. The number of hydrogen-bond donors (Lipinski definition) is 0. The van der Waals surface area contributed by atoms with E-state index in [2.05, 4.69) is 26.0 Å². The maximum atomic E-state index is 11.1. The van der Waals surface area contributed by atoms with Crippen LogP contribution in [0.15, 0.2) is 22.9 Å². The van der Waals surface area contributed by atoms with E-state index in [0.29, 0.717) is 18.0 Å². The van der Waals surface area contributed by atoms with E-state index in [1.165, 1.54) is 10.9 Å². The zero-order valence-electron chi connectivity index (χ0n) is 10.3. The Morgan fingerprint density at radius 3 is 2.84 bits per heavy atom. The smallest absolute Gasteiger partial charge is 0.353 e. The molecule has 2 heterocycles. The van der Waals surface area contributed by atoms with Gasteiger partial charge < -0.3 is 4.74 Å². The molecule has 2 aromatic heterocycles. The maximum absolute atomic E-state index is 11.1. The first-order chi connectivity index (χ1) is 9.02. The van der Waals surface area contributed by atoms with E-state index in [0.717, 1.165) is 4.47 Å². The Morgan fingerprint density at radius 1 is 1.53 bits per heavy atom. The number of hydrogen-bond acceptors (Lipinski definition) is 5. The van der Waals surface area contributed by atoms with Crippen LogP contribution in [0.5, 0.6) is 11.6 Å². The maximum Gasteiger partial charge on any atom is 0.353 e. The van der Waals surface area contributed by atoms with Gasteiger partial charge in [-0.1, -0.05) is 0 Å². The van der Waals surface area contributed by atoms with E-state index in [1.54, 1.807) is 19.2 Å². The standard InChI is InChI=1S/C11H11BrN4O3/c1-3-15-11(10(16(17)18)7(2)14-15)19-9-4-8(12)5-13-6-9/h4-6H,3H2,1-2H3. The summed E-state index contributed by atoms with van der Waals surface area (Å²) in [5.41, 5.74) is 0.201. The summed E-state index contributed by atoms with van der Waals surface area (Å²) >= 11 is 3.26. The molecule has 0 aromatic carbocycles. The van der Waals surface area contributed by atoms with Crippen LogP contribution in [0.4, 0.5) is 5.69 Å². The molecule has 8 heteroatoms. The van der Waals surface area contributed by atoms with Crippen molar-refractivity contribution < 1.29 is 9.66 Å². The SMILES string of the molecule is CCn1nc(C)c([N+](=O)[O-])c1Oc1cncc(Br)c1. The highest BCUT2D eigenvalue weighted by atomic mass is 79.9. The summed E-state index contributed by atoms with van der Waals surface area (Å²) in [5, 5.41) is 15.2. The minimum Gasteiger partial charge on any atom is -0.432 e. The minimum absolute atomic E-state index is 0.116. The lowest BCUT2D eigenvalue weighted by atomic mass is 10.4. The van der Waals surface area contributed by atoms with Gasteiger partial charge in [-0.3, -0.25) is 15.1 Å². The van der Waals surface area contributed by atoms with Crippen molar-refractivity contribution in [1.29, 1.82) is 0 Å². The second-order valence-electron chi connectivity index (χ2n) is 3.75. The van der Waals surface area contributed by atoms with Gasteiger partial charge >= 0.3 is 5.69 Å². The molecule has 0 bridgehead atoms. The van der Waals surface area contributed by atoms with Crippen molar-refractivity contribution in [2.75, 3.05) is 0 Å². The van der Waals surface area contributed by atoms with Crippen LogP contribution in [0.3, 0.4) is 0 Å². The fourth-order valence-corrected chi connectivity index (χ4v) is 1.98. The lowest BCUT2D eigenvalue weighted by Crippen LogP contribution is -2.01. The molecule has 7 nitrogen and oxygen atoms in total. The molecule has 0 amide bonds. The number of aryl methyl sites for hydroxylation is 2. The molecule has 0 spiro atoms. The summed E-state index contributed by atoms with van der Waals surface area (Å²) in [6, 6.07) is 1.68. The van der Waals surface area contributed by atoms with Crippen LogP contribution < -0.4 is 4.74 Å². The molecule has 19 heavy (non-hydrogen) atoms. The predicted octanol–water partition coefficient (Wildman–Crippen LogP) is 3.07. The van der Waals surface area contributed by atoms with Crippen molar-refractivity contribution in [2.24, 2.45) is 0 Å². The average molecular weight is 327 g/mol. The van der Waals surface area contributed by atoms with E-state index >= 15 is 0 Å². The molecule has 0 aliphatic rings. The largest absolute Gasteiger partial charge is 0.432 e. The second kappa shape index (κ2) is 5.35. The van der Waals surface area contributed by atoms with Crippen LogP contribution in [0.25, 0.3) is 0 Å². The first-order valence-corrected chi connectivity index (χ1v) is 6.32. The summed E-state index contributed by atoms with van der Waals surface area (Å²) in [7, 11) is 0. The number of pyridine rings is 1. The summed E-state index contributed by atoms with van der Waals surface area (Å²) < 4.78 is 7.74. The van der Waals surface area contributed by atoms with Crippen molar-refractivity contribution in [3.8, 4) is 11.6 Å². The zero-order chi connectivity index (χ0) is 14.0. The van der Waals surface area contributed by atoms with Crippen molar-refractivity contribution >= 4 is 21.6 Å². The molecule has 0 N–H and O–H groups in total. The number of nitro groups is 1. The quantitative estimate of drug-likeness (QED) is 0.636. The average Bonchev–Trinajstić information content (AvgIpc) is 2.65. The molecular weight excluding hydrogens is 316 g/mol. The van der Waals surface area contributed by atoms with E-state index in [4.69, 9.17) is 4.74 Å². The Kier molecular flexibility index (Phi) is 3.79. The molecule has 0 aliphatic heterocycles. The lowest BCUT2D eigenvalue weighted by molar-refractivity contribution is -0.386. The fraction of sp³-hybridized carbons (Fsp3) is 0.273. The molecule has 0 atom stereocenters. The number of ether oxygens (including phenoxy) is 1. The summed E-state index contributed by atoms with van der Waals surface area (Å²) in [4.78, 5) is 14.5. The van der Waals surface area contributed by atoms with Crippen molar-refractivity contribution in [3.63, 3.8) is 0 Å². The molecule has 0 radical (unpaired) electrons. The molecule has 0 saturated carbocycles. The number of nitrogens with zero attached hydrogens (tertiary/aromatic N) is 4. The highest BCUT2D eigenvalue weighted by Gasteiger charge is 2.27. The van der Waals surface area contributed by atoms with Crippen LogP contribution in [0, 0.1) is 17.0 Å². The van der Waals surface area contributed by atoms with Crippen molar-refractivity contribution in [1.82, 2.24) is 14.8 Å². The van der Waals surface area contributed by atoms with Crippen molar-refractivity contribution in [3.05, 3.63) is 38.7 Å². The molecule has 100 valence electrons. The van der Waals surface area contributed by atoms with Gasteiger partial charge in [0.05, 0.1) is 11.1 Å². The second-order valence-corrected chi connectivity index (χ2v) is 4.67. The molecule has 0 fully saturated rings. The first-order valence-electron chi connectivity index (χ1n) is 5.53. The van der Waals surface area contributed by atoms with E-state index in [1.807, 2.05) is 6.92 Å². The molecular formula is C11H11BrN4O3. The van der Waals surface area contributed by atoms with Crippen LogP contribution in [-0.2, 0) is 6.54 Å². The Balaban J connectivity index is 2.46. The van der Waals surface area contributed by atoms with Gasteiger partial charge in [0.2, 0.25) is 0 Å². The van der Waals surface area contributed by atoms with E-state index in [-0.39, 0.29) is 11.6 Å². The third-order valence-corrected chi connectivity index (χ3v) is 2.86. The lowest BCUT2D eigenvalue weighted by Gasteiger charge is -2.06. The van der Waals surface area contributed by atoms with Gasteiger partial charge in [-0.05, 0) is 35.8 Å². The van der Waals surface area contributed by atoms with Gasteiger partial charge in [0.1, 0.15) is 11.4 Å². The molecule has 0 unspecified atom stereocenters. The van der Waals surface area contributed by atoms with Gasteiger partial charge in [-0.15, -0.1) is 0 Å². The van der Waals surface area contributed by atoms with E-state index < -0.39 is 4.92 Å². The Morgan fingerprint density at radius 2 is 2.26 bits per heavy atom. The minimum atomic E-state index is -0.491. The number of rotatable bonds is 4.